The number of hydrogen-bond acceptors (Lipinski definition) is 3. The molecule has 0 aliphatic carbocycles. The molecule has 1 N–H and O–H groups in total. The van der Waals surface area contributed by atoms with Crippen molar-refractivity contribution in [3.63, 3.8) is 0 Å². The molecule has 2 unspecified atom stereocenters. The van der Waals surface area contributed by atoms with E-state index in [0.717, 1.165) is 17.3 Å². The van der Waals surface area contributed by atoms with E-state index in [9.17, 15) is 9.59 Å². The summed E-state index contributed by atoms with van der Waals surface area (Å²) >= 11 is 3.34. The van der Waals surface area contributed by atoms with Crippen LogP contribution in [-0.2, 0) is 9.59 Å². The molecule has 1 aliphatic heterocycles. The number of benzene rings is 1. The van der Waals surface area contributed by atoms with Gasteiger partial charge in [0, 0.05) is 17.1 Å². The van der Waals surface area contributed by atoms with E-state index in [-0.39, 0.29) is 18.4 Å². The summed E-state index contributed by atoms with van der Waals surface area (Å²) in [6, 6.07) is 7.04. The maximum atomic E-state index is 12.4. The molecular formula is C15H18BrNO4. The lowest BCUT2D eigenvalue weighted by Crippen LogP contribution is -2.43. The van der Waals surface area contributed by atoms with Crippen LogP contribution in [-0.4, -0.2) is 40.6 Å². The number of nitrogens with zero attached hydrogens (tertiary/aromatic N) is 1. The first-order valence-electron chi connectivity index (χ1n) is 6.92. The summed E-state index contributed by atoms with van der Waals surface area (Å²) in [5.41, 5.74) is 0. The first-order valence-corrected chi connectivity index (χ1v) is 7.71. The van der Waals surface area contributed by atoms with E-state index in [4.69, 9.17) is 9.84 Å². The highest BCUT2D eigenvalue weighted by Gasteiger charge is 2.33. The molecule has 114 valence electrons. The van der Waals surface area contributed by atoms with E-state index in [1.54, 1.807) is 24.0 Å². The molecule has 0 spiro atoms. The lowest BCUT2D eigenvalue weighted by Gasteiger charge is -2.26. The molecule has 0 radical (unpaired) electrons. The molecule has 1 aromatic carbocycles. The number of carbonyl (C=O) groups is 2. The Morgan fingerprint density at radius 3 is 2.71 bits per heavy atom. The lowest BCUT2D eigenvalue weighted by atomic mass is 10.1. The minimum Gasteiger partial charge on any atom is -0.481 e. The van der Waals surface area contributed by atoms with Crippen molar-refractivity contribution in [1.29, 1.82) is 0 Å². The lowest BCUT2D eigenvalue weighted by molar-refractivity contribution is -0.142. The maximum absolute atomic E-state index is 12.4. The summed E-state index contributed by atoms with van der Waals surface area (Å²) in [5, 5.41) is 8.90. The molecule has 1 aliphatic rings. The van der Waals surface area contributed by atoms with E-state index < -0.39 is 12.1 Å². The molecule has 21 heavy (non-hydrogen) atoms. The molecular weight excluding hydrogens is 338 g/mol. The van der Waals surface area contributed by atoms with Gasteiger partial charge in [0.15, 0.2) is 6.10 Å². The molecule has 2 atom stereocenters. The number of rotatable bonds is 5. The van der Waals surface area contributed by atoms with Gasteiger partial charge in [0.05, 0.1) is 6.42 Å². The first-order chi connectivity index (χ1) is 9.97. The molecule has 1 saturated heterocycles. The van der Waals surface area contributed by atoms with Crippen molar-refractivity contribution in [2.24, 2.45) is 0 Å². The van der Waals surface area contributed by atoms with Gasteiger partial charge < -0.3 is 14.7 Å². The van der Waals surface area contributed by atoms with Crippen molar-refractivity contribution in [3.8, 4) is 5.75 Å². The zero-order valence-corrected chi connectivity index (χ0v) is 13.4. The monoisotopic (exact) mass is 355 g/mol. The largest absolute Gasteiger partial charge is 0.481 e. The zero-order valence-electron chi connectivity index (χ0n) is 11.8. The van der Waals surface area contributed by atoms with Crippen LogP contribution in [0, 0.1) is 0 Å². The van der Waals surface area contributed by atoms with E-state index in [1.807, 2.05) is 12.1 Å². The van der Waals surface area contributed by atoms with Crippen molar-refractivity contribution in [2.75, 3.05) is 6.54 Å². The second-order valence-corrected chi connectivity index (χ2v) is 6.06. The second kappa shape index (κ2) is 6.93. The number of likely N-dealkylation sites (tertiary alicyclic amines) is 1. The number of carboxylic acids is 1. The number of amides is 1. The Kier molecular flexibility index (Phi) is 5.22. The molecule has 6 heteroatoms. The Balaban J connectivity index is 1.98. The zero-order chi connectivity index (χ0) is 15.4. The normalized spacial score (nSPS) is 19.3. The third kappa shape index (κ3) is 4.20. The Labute approximate surface area is 132 Å². The van der Waals surface area contributed by atoms with Gasteiger partial charge in [-0.05, 0) is 44.0 Å². The second-order valence-electron chi connectivity index (χ2n) is 5.14. The summed E-state index contributed by atoms with van der Waals surface area (Å²) in [7, 11) is 0. The first kappa shape index (κ1) is 15.8. The minimum atomic E-state index is -0.874. The topological polar surface area (TPSA) is 66.8 Å². The average Bonchev–Trinajstić information content (AvgIpc) is 2.87. The van der Waals surface area contributed by atoms with Crippen LogP contribution in [0.1, 0.15) is 26.2 Å². The average molecular weight is 356 g/mol. The molecule has 0 aromatic heterocycles. The van der Waals surface area contributed by atoms with Crippen LogP contribution >= 0.6 is 15.9 Å². The fourth-order valence-corrected chi connectivity index (χ4v) is 2.81. The van der Waals surface area contributed by atoms with Gasteiger partial charge in [-0.3, -0.25) is 9.59 Å². The van der Waals surface area contributed by atoms with Crippen LogP contribution in [0.25, 0.3) is 0 Å². The summed E-state index contributed by atoms with van der Waals surface area (Å²) in [4.78, 5) is 24.9. The molecule has 5 nitrogen and oxygen atoms in total. The molecule has 1 heterocycles. The van der Waals surface area contributed by atoms with Crippen molar-refractivity contribution in [1.82, 2.24) is 4.90 Å². The maximum Gasteiger partial charge on any atom is 0.305 e. The van der Waals surface area contributed by atoms with Crippen molar-refractivity contribution in [3.05, 3.63) is 28.7 Å². The van der Waals surface area contributed by atoms with Gasteiger partial charge in [0.2, 0.25) is 0 Å². The van der Waals surface area contributed by atoms with E-state index in [1.165, 1.54) is 0 Å². The molecule has 1 fully saturated rings. The Hall–Kier alpha value is -1.56. The number of hydrogen-bond donors (Lipinski definition) is 1. The fourth-order valence-electron chi connectivity index (χ4n) is 2.54. The van der Waals surface area contributed by atoms with Crippen LogP contribution in [0.2, 0.25) is 0 Å². The third-order valence-corrected chi connectivity index (χ3v) is 4.07. The summed E-state index contributed by atoms with van der Waals surface area (Å²) in [5.74, 6) is -0.407. The fraction of sp³-hybridized carbons (Fsp3) is 0.467. The number of ether oxygens (including phenoxy) is 1. The number of aliphatic carboxylic acids is 1. The van der Waals surface area contributed by atoms with Gasteiger partial charge in [0.25, 0.3) is 5.91 Å². The summed E-state index contributed by atoms with van der Waals surface area (Å²) < 4.78 is 6.58. The molecule has 1 aromatic rings. The standard InChI is InChI=1S/C15H18BrNO4/c1-10(21-13-6-4-11(16)5-7-13)15(20)17-8-2-3-12(17)9-14(18)19/h4-7,10,12H,2-3,8-9H2,1H3,(H,18,19). The van der Waals surface area contributed by atoms with Crippen LogP contribution in [0.4, 0.5) is 0 Å². The summed E-state index contributed by atoms with van der Waals surface area (Å²) in [6.45, 7) is 2.30. The number of carboxylic acid groups (broad SMARTS) is 1. The van der Waals surface area contributed by atoms with Gasteiger partial charge in [-0.15, -0.1) is 0 Å². The Morgan fingerprint density at radius 2 is 2.10 bits per heavy atom. The highest BCUT2D eigenvalue weighted by molar-refractivity contribution is 9.10. The number of halogens is 1. The van der Waals surface area contributed by atoms with Crippen LogP contribution < -0.4 is 4.74 Å². The smallest absolute Gasteiger partial charge is 0.305 e. The van der Waals surface area contributed by atoms with Crippen LogP contribution in [0.15, 0.2) is 28.7 Å². The molecule has 0 bridgehead atoms. The predicted molar refractivity (Wildman–Crippen MR) is 81.2 cm³/mol. The molecule has 0 saturated carbocycles. The minimum absolute atomic E-state index is 0.00323. The van der Waals surface area contributed by atoms with E-state index in [0.29, 0.717) is 12.3 Å². The van der Waals surface area contributed by atoms with E-state index in [2.05, 4.69) is 15.9 Å². The highest BCUT2D eigenvalue weighted by atomic mass is 79.9. The Bertz CT molecular complexity index is 517. The molecule has 1 amide bonds. The van der Waals surface area contributed by atoms with Crippen LogP contribution in [0.3, 0.4) is 0 Å². The van der Waals surface area contributed by atoms with Gasteiger partial charge in [0.1, 0.15) is 5.75 Å². The predicted octanol–water partition coefficient (Wildman–Crippen LogP) is 2.68. The van der Waals surface area contributed by atoms with Gasteiger partial charge in [-0.25, -0.2) is 0 Å². The van der Waals surface area contributed by atoms with Gasteiger partial charge in [-0.1, -0.05) is 15.9 Å². The van der Waals surface area contributed by atoms with Crippen LogP contribution in [0.5, 0.6) is 5.75 Å². The summed E-state index contributed by atoms with van der Waals surface area (Å²) in [6.07, 6.45) is 0.953. The van der Waals surface area contributed by atoms with Gasteiger partial charge in [-0.2, -0.15) is 0 Å². The van der Waals surface area contributed by atoms with Crippen molar-refractivity contribution in [2.45, 2.75) is 38.3 Å². The SMILES string of the molecule is CC(Oc1ccc(Br)cc1)C(=O)N1CCCC1CC(=O)O. The Morgan fingerprint density at radius 1 is 1.43 bits per heavy atom. The number of carbonyl (C=O) groups excluding carboxylic acids is 1. The molecule has 2 rings (SSSR count). The van der Waals surface area contributed by atoms with Gasteiger partial charge >= 0.3 is 5.97 Å². The van der Waals surface area contributed by atoms with Crippen molar-refractivity contribution >= 4 is 27.8 Å². The van der Waals surface area contributed by atoms with E-state index >= 15 is 0 Å². The third-order valence-electron chi connectivity index (χ3n) is 3.54. The quantitative estimate of drug-likeness (QED) is 0.881. The highest BCUT2D eigenvalue weighted by Crippen LogP contribution is 2.23. The van der Waals surface area contributed by atoms with Crippen molar-refractivity contribution < 1.29 is 19.4 Å².